The highest BCUT2D eigenvalue weighted by atomic mass is 32.2. The third kappa shape index (κ3) is 3.46. The van der Waals surface area contributed by atoms with Crippen molar-refractivity contribution in [3.63, 3.8) is 0 Å². The summed E-state index contributed by atoms with van der Waals surface area (Å²) in [6, 6.07) is 0. The molecule has 0 aromatic heterocycles. The first kappa shape index (κ1) is 12.4. The smallest absolute Gasteiger partial charge is 0.187 e. The van der Waals surface area contributed by atoms with Crippen molar-refractivity contribution < 1.29 is 9.47 Å². The summed E-state index contributed by atoms with van der Waals surface area (Å²) < 4.78 is 11.2. The third-order valence-corrected chi connectivity index (χ3v) is 7.00. The number of rotatable bonds is 8. The molecule has 88 valence electrons. The van der Waals surface area contributed by atoms with Crippen LogP contribution in [0.5, 0.6) is 0 Å². The van der Waals surface area contributed by atoms with Crippen LogP contribution in [0, 0.1) is 0 Å². The Morgan fingerprint density at radius 2 is 1.33 bits per heavy atom. The van der Waals surface area contributed by atoms with Crippen LogP contribution in [0.3, 0.4) is 0 Å². The van der Waals surface area contributed by atoms with E-state index in [4.69, 9.17) is 9.47 Å². The van der Waals surface area contributed by atoms with Crippen LogP contribution < -0.4 is 0 Å². The maximum Gasteiger partial charge on any atom is 0.187 e. The Balaban J connectivity index is 1.75. The van der Waals surface area contributed by atoms with Crippen LogP contribution in [0.4, 0.5) is 0 Å². The van der Waals surface area contributed by atoms with E-state index in [9.17, 15) is 0 Å². The summed E-state index contributed by atoms with van der Waals surface area (Å²) in [4.78, 5) is 0. The molecular weight excluding hydrogens is 248 g/mol. The van der Waals surface area contributed by atoms with Gasteiger partial charge < -0.3 is 9.47 Å². The molecule has 0 amide bonds. The number of hydrogen-bond donors (Lipinski definition) is 0. The first-order chi connectivity index (χ1) is 7.24. The molecule has 2 aliphatic rings. The monoisotopic (exact) mass is 266 g/mol. The van der Waals surface area contributed by atoms with Crippen molar-refractivity contribution in [2.45, 2.75) is 35.2 Å². The standard InChI is InChI=1S/C10H18O2S3/c1-3-5-13-9(7-11-9)15-10(8-12-10)14-6-4-2/h3-8H2,1-2H3. The minimum atomic E-state index is 0.0350. The molecule has 2 fully saturated rings. The molecule has 0 spiro atoms. The molecule has 2 nitrogen and oxygen atoms in total. The Bertz CT molecular complexity index is 193. The van der Waals surface area contributed by atoms with Crippen LogP contribution in [-0.4, -0.2) is 33.2 Å². The summed E-state index contributed by atoms with van der Waals surface area (Å²) in [5.74, 6) is 2.36. The van der Waals surface area contributed by atoms with Gasteiger partial charge in [-0.15, -0.1) is 23.5 Å². The van der Waals surface area contributed by atoms with Crippen LogP contribution in [0.15, 0.2) is 0 Å². The lowest BCUT2D eigenvalue weighted by atomic mass is 10.6. The molecule has 0 aromatic rings. The van der Waals surface area contributed by atoms with Crippen molar-refractivity contribution in [1.82, 2.24) is 0 Å². The van der Waals surface area contributed by atoms with E-state index < -0.39 is 0 Å². The van der Waals surface area contributed by atoms with Crippen LogP contribution in [0.2, 0.25) is 0 Å². The van der Waals surface area contributed by atoms with E-state index in [1.165, 1.54) is 24.3 Å². The van der Waals surface area contributed by atoms with E-state index in [2.05, 4.69) is 13.8 Å². The lowest BCUT2D eigenvalue weighted by Gasteiger charge is -2.16. The lowest BCUT2D eigenvalue weighted by Crippen LogP contribution is -2.10. The molecule has 2 heterocycles. The highest BCUT2D eigenvalue weighted by Gasteiger charge is 2.58. The predicted molar refractivity (Wildman–Crippen MR) is 70.5 cm³/mol. The van der Waals surface area contributed by atoms with Crippen molar-refractivity contribution in [2.24, 2.45) is 0 Å². The minimum absolute atomic E-state index is 0.0350. The van der Waals surface area contributed by atoms with Gasteiger partial charge in [0.15, 0.2) is 8.53 Å². The van der Waals surface area contributed by atoms with Crippen molar-refractivity contribution in [1.29, 1.82) is 0 Å². The fraction of sp³-hybridized carbons (Fsp3) is 1.00. The highest BCUT2D eigenvalue weighted by molar-refractivity contribution is 8.26. The Kier molecular flexibility index (Phi) is 4.21. The maximum atomic E-state index is 5.59. The normalized spacial score (nSPS) is 38.0. The van der Waals surface area contributed by atoms with E-state index >= 15 is 0 Å². The molecule has 2 aliphatic heterocycles. The van der Waals surface area contributed by atoms with E-state index in [0.29, 0.717) is 0 Å². The van der Waals surface area contributed by atoms with Crippen molar-refractivity contribution in [3.05, 3.63) is 0 Å². The molecule has 2 rings (SSSR count). The van der Waals surface area contributed by atoms with Crippen LogP contribution in [0.25, 0.3) is 0 Å². The second kappa shape index (κ2) is 5.08. The molecule has 5 heteroatoms. The number of thioether (sulfide) groups is 3. The van der Waals surface area contributed by atoms with Gasteiger partial charge in [0.1, 0.15) is 0 Å². The first-order valence-corrected chi connectivity index (χ1v) is 8.29. The molecule has 0 N–H and O–H groups in total. The van der Waals surface area contributed by atoms with Gasteiger partial charge in [-0.05, 0) is 24.3 Å². The molecule has 0 aromatic carbocycles. The van der Waals surface area contributed by atoms with E-state index in [1.54, 1.807) is 0 Å². The minimum Gasteiger partial charge on any atom is -0.347 e. The van der Waals surface area contributed by atoms with E-state index in [0.717, 1.165) is 13.2 Å². The van der Waals surface area contributed by atoms with Gasteiger partial charge in [0.25, 0.3) is 0 Å². The van der Waals surface area contributed by atoms with Crippen molar-refractivity contribution in [3.8, 4) is 0 Å². The van der Waals surface area contributed by atoms with Crippen LogP contribution in [-0.2, 0) is 9.47 Å². The average Bonchev–Trinajstić information content (AvgIpc) is 3.14. The van der Waals surface area contributed by atoms with Gasteiger partial charge in [0.05, 0.1) is 13.2 Å². The summed E-state index contributed by atoms with van der Waals surface area (Å²) in [5.41, 5.74) is 0. The first-order valence-electron chi connectivity index (χ1n) is 5.50. The largest absolute Gasteiger partial charge is 0.347 e. The zero-order valence-electron chi connectivity index (χ0n) is 9.28. The van der Waals surface area contributed by atoms with E-state index in [-0.39, 0.29) is 8.53 Å². The zero-order valence-corrected chi connectivity index (χ0v) is 11.7. The molecular formula is C10H18O2S3. The summed E-state index contributed by atoms with van der Waals surface area (Å²) in [5, 5.41) is 0. The summed E-state index contributed by atoms with van der Waals surface area (Å²) >= 11 is 5.76. The van der Waals surface area contributed by atoms with Crippen LogP contribution in [0.1, 0.15) is 26.7 Å². The topological polar surface area (TPSA) is 25.1 Å². The highest BCUT2D eigenvalue weighted by Crippen LogP contribution is 2.62. The summed E-state index contributed by atoms with van der Waals surface area (Å²) in [6.07, 6.45) is 2.43. The molecule has 0 radical (unpaired) electrons. The zero-order chi connectivity index (χ0) is 10.8. The molecule has 2 atom stereocenters. The van der Waals surface area contributed by atoms with E-state index in [1.807, 2.05) is 35.3 Å². The molecule has 15 heavy (non-hydrogen) atoms. The van der Waals surface area contributed by atoms with Gasteiger partial charge in [-0.3, -0.25) is 0 Å². The van der Waals surface area contributed by atoms with Gasteiger partial charge in [0, 0.05) is 0 Å². The van der Waals surface area contributed by atoms with Gasteiger partial charge in [-0.1, -0.05) is 25.6 Å². The fourth-order valence-corrected chi connectivity index (χ4v) is 5.46. The molecule has 2 unspecified atom stereocenters. The fourth-order valence-electron chi connectivity index (χ4n) is 1.21. The van der Waals surface area contributed by atoms with Gasteiger partial charge in [-0.25, -0.2) is 0 Å². The Hall–Kier alpha value is 0.970. The summed E-state index contributed by atoms with van der Waals surface area (Å²) in [7, 11) is 0. The van der Waals surface area contributed by atoms with Gasteiger partial charge >= 0.3 is 0 Å². The third-order valence-electron chi connectivity index (χ3n) is 2.12. The quantitative estimate of drug-likeness (QED) is 0.495. The predicted octanol–water partition coefficient (Wildman–Crippen LogP) is 3.37. The van der Waals surface area contributed by atoms with Crippen molar-refractivity contribution in [2.75, 3.05) is 24.7 Å². The van der Waals surface area contributed by atoms with Gasteiger partial charge in [-0.2, -0.15) is 0 Å². The average molecular weight is 266 g/mol. The second-order valence-corrected chi connectivity index (χ2v) is 8.50. The number of hydrogen-bond acceptors (Lipinski definition) is 5. The Labute approximate surface area is 105 Å². The molecule has 0 aliphatic carbocycles. The van der Waals surface area contributed by atoms with Crippen LogP contribution >= 0.6 is 35.3 Å². The Morgan fingerprint density at radius 1 is 0.933 bits per heavy atom. The molecule has 0 bridgehead atoms. The second-order valence-electron chi connectivity index (χ2n) is 3.74. The van der Waals surface area contributed by atoms with Crippen molar-refractivity contribution >= 4 is 35.3 Å². The van der Waals surface area contributed by atoms with Gasteiger partial charge in [0.2, 0.25) is 0 Å². The Morgan fingerprint density at radius 3 is 1.60 bits per heavy atom. The molecule has 2 saturated heterocycles. The SMILES string of the molecule is CCCSC1(SC2(SCCC)CO2)CO1. The summed E-state index contributed by atoms with van der Waals surface area (Å²) in [6.45, 7) is 6.20. The molecule has 0 saturated carbocycles. The lowest BCUT2D eigenvalue weighted by molar-refractivity contribution is 0.430. The number of epoxide rings is 2. The number of ether oxygens (including phenoxy) is 2. The maximum absolute atomic E-state index is 5.59.